The number of hydrogen-bond acceptors (Lipinski definition) is 2. The number of unbranched alkanes of at least 4 members (excludes halogenated alkanes) is 1. The normalized spacial score (nSPS) is 10.5. The van der Waals surface area contributed by atoms with Gasteiger partial charge in [0.2, 0.25) is 5.91 Å². The van der Waals surface area contributed by atoms with Crippen molar-refractivity contribution >= 4 is 5.91 Å². The topological polar surface area (TPSA) is 46.3 Å². The molecule has 14 heavy (non-hydrogen) atoms. The zero-order valence-corrected chi connectivity index (χ0v) is 9.38. The Morgan fingerprint density at radius 2 is 1.93 bits per heavy atom. The maximum absolute atomic E-state index is 10.8. The second-order valence-corrected chi connectivity index (χ2v) is 3.60. The first kappa shape index (κ1) is 13.2. The predicted molar refractivity (Wildman–Crippen MR) is 60.0 cm³/mol. The number of amides is 1. The molecule has 0 radical (unpaired) electrons. The summed E-state index contributed by atoms with van der Waals surface area (Å²) in [4.78, 5) is 13.0. The van der Waals surface area contributed by atoms with Crippen LogP contribution in [0.2, 0.25) is 0 Å². The van der Waals surface area contributed by atoms with Gasteiger partial charge < -0.3 is 5.73 Å². The molecule has 0 atom stereocenters. The highest BCUT2D eigenvalue weighted by Crippen LogP contribution is 2.01. The van der Waals surface area contributed by atoms with Gasteiger partial charge in [-0.1, -0.05) is 26.8 Å². The average molecular weight is 198 g/mol. The second kappa shape index (κ2) is 7.56. The molecule has 0 saturated heterocycles. The molecule has 0 unspecified atom stereocenters. The van der Waals surface area contributed by atoms with E-state index in [1.807, 2.05) is 0 Å². The van der Waals surface area contributed by atoms with Crippen molar-refractivity contribution in [1.82, 2.24) is 4.90 Å². The van der Waals surface area contributed by atoms with Crippen LogP contribution < -0.4 is 5.73 Å². The van der Waals surface area contributed by atoms with Crippen LogP contribution in [0.5, 0.6) is 0 Å². The standard InChI is InChI=1S/C11H22N2O/c1-4-6-8-13(7-5-2)9-10(3)11(12)14/h3-9H2,1-2H3,(H2,12,14). The minimum Gasteiger partial charge on any atom is -0.366 e. The van der Waals surface area contributed by atoms with E-state index < -0.39 is 0 Å². The third-order valence-corrected chi connectivity index (χ3v) is 2.13. The molecule has 0 aromatic heterocycles. The summed E-state index contributed by atoms with van der Waals surface area (Å²) in [7, 11) is 0. The quantitative estimate of drug-likeness (QED) is 0.601. The molecule has 0 aliphatic rings. The van der Waals surface area contributed by atoms with Gasteiger partial charge in [-0.3, -0.25) is 9.69 Å². The van der Waals surface area contributed by atoms with E-state index >= 15 is 0 Å². The Morgan fingerprint density at radius 1 is 1.29 bits per heavy atom. The van der Waals surface area contributed by atoms with Crippen LogP contribution in [0, 0.1) is 0 Å². The van der Waals surface area contributed by atoms with Crippen LogP contribution in [0.4, 0.5) is 0 Å². The molecule has 0 aliphatic heterocycles. The van der Waals surface area contributed by atoms with Crippen LogP contribution in [0.25, 0.3) is 0 Å². The van der Waals surface area contributed by atoms with E-state index in [1.165, 1.54) is 6.42 Å². The van der Waals surface area contributed by atoms with Crippen molar-refractivity contribution < 1.29 is 4.79 Å². The van der Waals surface area contributed by atoms with Crippen molar-refractivity contribution in [3.63, 3.8) is 0 Å². The summed E-state index contributed by atoms with van der Waals surface area (Å²) in [6.07, 6.45) is 3.42. The van der Waals surface area contributed by atoms with Gasteiger partial charge in [0.1, 0.15) is 0 Å². The summed E-state index contributed by atoms with van der Waals surface area (Å²) < 4.78 is 0. The van der Waals surface area contributed by atoms with Crippen LogP contribution >= 0.6 is 0 Å². The number of carbonyl (C=O) groups is 1. The maximum atomic E-state index is 10.8. The van der Waals surface area contributed by atoms with E-state index in [9.17, 15) is 4.79 Å². The number of nitrogens with zero attached hydrogens (tertiary/aromatic N) is 1. The molecule has 0 aromatic carbocycles. The molecule has 3 heteroatoms. The second-order valence-electron chi connectivity index (χ2n) is 3.60. The summed E-state index contributed by atoms with van der Waals surface area (Å²) in [6, 6.07) is 0. The molecule has 3 nitrogen and oxygen atoms in total. The third kappa shape index (κ3) is 5.75. The lowest BCUT2D eigenvalue weighted by atomic mass is 10.2. The van der Waals surface area contributed by atoms with Gasteiger partial charge in [0, 0.05) is 12.1 Å². The highest BCUT2D eigenvalue weighted by molar-refractivity contribution is 5.91. The van der Waals surface area contributed by atoms with Crippen molar-refractivity contribution in [1.29, 1.82) is 0 Å². The molecule has 0 rings (SSSR count). The van der Waals surface area contributed by atoms with Crippen molar-refractivity contribution in [2.24, 2.45) is 5.73 Å². The first-order valence-electron chi connectivity index (χ1n) is 5.31. The van der Waals surface area contributed by atoms with Gasteiger partial charge in [0.15, 0.2) is 0 Å². The van der Waals surface area contributed by atoms with Gasteiger partial charge in [-0.25, -0.2) is 0 Å². The number of rotatable bonds is 8. The molecule has 0 spiro atoms. The van der Waals surface area contributed by atoms with Gasteiger partial charge >= 0.3 is 0 Å². The van der Waals surface area contributed by atoms with E-state index in [0.29, 0.717) is 12.1 Å². The monoisotopic (exact) mass is 198 g/mol. The highest BCUT2D eigenvalue weighted by Gasteiger charge is 2.08. The van der Waals surface area contributed by atoms with Gasteiger partial charge in [-0.15, -0.1) is 0 Å². The number of primary amides is 1. The number of hydrogen-bond donors (Lipinski definition) is 1. The molecule has 2 N–H and O–H groups in total. The minimum atomic E-state index is -0.386. The van der Waals surface area contributed by atoms with Crippen molar-refractivity contribution in [2.75, 3.05) is 19.6 Å². The summed E-state index contributed by atoms with van der Waals surface area (Å²) in [5, 5.41) is 0. The van der Waals surface area contributed by atoms with E-state index in [-0.39, 0.29) is 5.91 Å². The Morgan fingerprint density at radius 3 is 2.36 bits per heavy atom. The summed E-state index contributed by atoms with van der Waals surface area (Å²) in [6.45, 7) is 10.6. The summed E-state index contributed by atoms with van der Waals surface area (Å²) in [5.74, 6) is -0.386. The van der Waals surface area contributed by atoms with Gasteiger partial charge in [0.05, 0.1) is 0 Å². The molecular weight excluding hydrogens is 176 g/mol. The Kier molecular flexibility index (Phi) is 7.11. The molecule has 0 aliphatic carbocycles. The van der Waals surface area contributed by atoms with Crippen molar-refractivity contribution in [2.45, 2.75) is 33.1 Å². The Balaban J connectivity index is 3.94. The van der Waals surface area contributed by atoms with Gasteiger partial charge in [-0.05, 0) is 25.9 Å². The Hall–Kier alpha value is -0.830. The van der Waals surface area contributed by atoms with Gasteiger partial charge in [-0.2, -0.15) is 0 Å². The highest BCUT2D eigenvalue weighted by atomic mass is 16.1. The molecule has 0 saturated carbocycles. The fourth-order valence-corrected chi connectivity index (χ4v) is 1.32. The SMILES string of the molecule is C=C(CN(CCC)CCCC)C(N)=O. The zero-order valence-electron chi connectivity index (χ0n) is 9.38. The van der Waals surface area contributed by atoms with E-state index in [1.54, 1.807) is 0 Å². The fourth-order valence-electron chi connectivity index (χ4n) is 1.32. The lowest BCUT2D eigenvalue weighted by molar-refractivity contribution is -0.114. The fraction of sp³-hybridized carbons (Fsp3) is 0.727. The summed E-state index contributed by atoms with van der Waals surface area (Å²) >= 11 is 0. The lowest BCUT2D eigenvalue weighted by Gasteiger charge is -2.21. The number of nitrogens with two attached hydrogens (primary N) is 1. The van der Waals surface area contributed by atoms with Gasteiger partial charge in [0.25, 0.3) is 0 Å². The van der Waals surface area contributed by atoms with Crippen LogP contribution in [0.15, 0.2) is 12.2 Å². The van der Waals surface area contributed by atoms with Crippen LogP contribution in [-0.4, -0.2) is 30.4 Å². The molecule has 82 valence electrons. The van der Waals surface area contributed by atoms with E-state index in [0.717, 1.165) is 25.9 Å². The van der Waals surface area contributed by atoms with E-state index in [4.69, 9.17) is 5.73 Å². The first-order valence-corrected chi connectivity index (χ1v) is 5.31. The van der Waals surface area contributed by atoms with Crippen LogP contribution in [0.1, 0.15) is 33.1 Å². The molecular formula is C11H22N2O. The predicted octanol–water partition coefficient (Wildman–Crippen LogP) is 1.54. The third-order valence-electron chi connectivity index (χ3n) is 2.13. The zero-order chi connectivity index (χ0) is 11.0. The molecule has 0 fully saturated rings. The molecule has 0 aromatic rings. The Labute approximate surface area is 87.0 Å². The smallest absolute Gasteiger partial charge is 0.245 e. The Bertz CT molecular complexity index is 190. The summed E-state index contributed by atoms with van der Waals surface area (Å²) in [5.41, 5.74) is 5.65. The maximum Gasteiger partial charge on any atom is 0.245 e. The van der Waals surface area contributed by atoms with Crippen molar-refractivity contribution in [3.05, 3.63) is 12.2 Å². The largest absolute Gasteiger partial charge is 0.366 e. The molecule has 0 bridgehead atoms. The number of carbonyl (C=O) groups excluding carboxylic acids is 1. The van der Waals surface area contributed by atoms with Crippen LogP contribution in [0.3, 0.4) is 0 Å². The average Bonchev–Trinajstić information content (AvgIpc) is 2.14. The molecule has 0 heterocycles. The van der Waals surface area contributed by atoms with Crippen LogP contribution in [-0.2, 0) is 4.79 Å². The van der Waals surface area contributed by atoms with E-state index in [2.05, 4.69) is 25.3 Å². The lowest BCUT2D eigenvalue weighted by Crippen LogP contribution is -2.31. The minimum absolute atomic E-state index is 0.386. The molecule has 1 amide bonds. The first-order chi connectivity index (χ1) is 6.61. The van der Waals surface area contributed by atoms with Crippen molar-refractivity contribution in [3.8, 4) is 0 Å².